The smallest absolute Gasteiger partial charge is 0.217 e. The fourth-order valence-electron chi connectivity index (χ4n) is 2.81. The Labute approximate surface area is 155 Å². The fraction of sp³-hybridized carbons (Fsp3) is 0.0588. The molecule has 2 heterocycles. The predicted molar refractivity (Wildman–Crippen MR) is 99.4 cm³/mol. The molecule has 0 saturated carbocycles. The van der Waals surface area contributed by atoms with Gasteiger partial charge in [-0.1, -0.05) is 29.3 Å². The van der Waals surface area contributed by atoms with Crippen LogP contribution in [0.25, 0.3) is 10.9 Å². The number of halogens is 3. The number of benzene rings is 2. The van der Waals surface area contributed by atoms with E-state index in [-0.39, 0.29) is 22.9 Å². The number of hydrogen-bond donors (Lipinski definition) is 2. The van der Waals surface area contributed by atoms with Gasteiger partial charge in [-0.3, -0.25) is 4.79 Å². The first-order valence-corrected chi connectivity index (χ1v) is 8.56. The summed E-state index contributed by atoms with van der Waals surface area (Å²) in [5, 5.41) is 11.8. The molecule has 0 aliphatic carbocycles. The molecule has 1 aliphatic rings. The number of aryl methyl sites for hydroxylation is 1. The number of aliphatic imine (C=N–C) groups is 1. The monoisotopic (exact) mass is 422 g/mol. The molecule has 1 aromatic heterocycles. The Morgan fingerprint density at radius 1 is 1.17 bits per heavy atom. The number of hydrogen-bond acceptors (Lipinski definition) is 3. The number of carbonyl (C=O) groups is 1. The van der Waals surface area contributed by atoms with Crippen LogP contribution in [0.4, 0.5) is 5.69 Å². The number of carbonyl (C=O) groups excluding carboxylic acids is 1. The molecule has 0 atom stereocenters. The summed E-state index contributed by atoms with van der Waals surface area (Å²) in [5.41, 5.74) is 2.63. The zero-order chi connectivity index (χ0) is 17.2. The summed E-state index contributed by atoms with van der Waals surface area (Å²) in [6, 6.07) is 7.07. The average molecular weight is 424 g/mol. The maximum absolute atomic E-state index is 12.8. The van der Waals surface area contributed by atoms with Crippen LogP contribution in [0.1, 0.15) is 21.6 Å². The van der Waals surface area contributed by atoms with E-state index < -0.39 is 0 Å². The Hall–Kier alpha value is -1.82. The highest BCUT2D eigenvalue weighted by Crippen LogP contribution is 2.42. The van der Waals surface area contributed by atoms with Crippen molar-refractivity contribution in [3.8, 4) is 5.75 Å². The van der Waals surface area contributed by atoms with Gasteiger partial charge in [-0.2, -0.15) is 0 Å². The predicted octanol–water partition coefficient (Wildman–Crippen LogP) is 5.57. The van der Waals surface area contributed by atoms with Gasteiger partial charge in [0.1, 0.15) is 11.4 Å². The Morgan fingerprint density at radius 2 is 1.92 bits per heavy atom. The molecule has 0 unspecified atom stereocenters. The van der Waals surface area contributed by atoms with E-state index in [4.69, 9.17) is 23.2 Å². The van der Waals surface area contributed by atoms with Crippen molar-refractivity contribution in [2.24, 2.45) is 4.99 Å². The highest BCUT2D eigenvalue weighted by atomic mass is 79.9. The van der Waals surface area contributed by atoms with Gasteiger partial charge in [0, 0.05) is 4.47 Å². The largest absolute Gasteiger partial charge is 0.505 e. The topological polar surface area (TPSA) is 65.5 Å². The van der Waals surface area contributed by atoms with E-state index in [0.29, 0.717) is 36.7 Å². The van der Waals surface area contributed by atoms with Crippen molar-refractivity contribution in [3.63, 3.8) is 0 Å². The van der Waals surface area contributed by atoms with Crippen molar-refractivity contribution in [1.29, 1.82) is 0 Å². The highest BCUT2D eigenvalue weighted by Gasteiger charge is 2.32. The van der Waals surface area contributed by atoms with Crippen molar-refractivity contribution >= 4 is 67.2 Å². The number of H-pyrrole nitrogens is 1. The number of nitrogens with one attached hydrogen (secondary N) is 1. The van der Waals surface area contributed by atoms with Crippen molar-refractivity contribution < 1.29 is 9.90 Å². The zero-order valence-electron chi connectivity index (χ0n) is 12.2. The van der Waals surface area contributed by atoms with E-state index >= 15 is 0 Å². The second-order valence-electron chi connectivity index (χ2n) is 5.51. The van der Waals surface area contributed by atoms with Crippen LogP contribution in [0, 0.1) is 6.92 Å². The molecule has 0 bridgehead atoms. The summed E-state index contributed by atoms with van der Waals surface area (Å²) in [6.45, 7) is 1.85. The quantitative estimate of drug-likeness (QED) is 0.537. The lowest BCUT2D eigenvalue weighted by Crippen LogP contribution is -2.12. The second-order valence-corrected chi connectivity index (χ2v) is 7.12. The molecule has 24 heavy (non-hydrogen) atoms. The summed E-state index contributed by atoms with van der Waals surface area (Å²) in [4.78, 5) is 20.1. The van der Waals surface area contributed by atoms with Gasteiger partial charge < -0.3 is 10.1 Å². The molecule has 4 rings (SSSR count). The Balaban J connectivity index is 1.94. The number of Topliss-reactive ketones (excluding diaryl/α,β-unsaturated/α-hetero) is 1. The number of nitrogens with zero attached hydrogens (tertiary/aromatic N) is 1. The van der Waals surface area contributed by atoms with Crippen LogP contribution in [0.5, 0.6) is 5.75 Å². The lowest BCUT2D eigenvalue weighted by molar-refractivity contribution is 0.107. The van der Waals surface area contributed by atoms with Crippen LogP contribution in [0.3, 0.4) is 0 Å². The molecular weight excluding hydrogens is 415 g/mol. The number of aromatic nitrogens is 1. The molecule has 2 aromatic carbocycles. The van der Waals surface area contributed by atoms with Gasteiger partial charge in [0.05, 0.1) is 32.2 Å². The lowest BCUT2D eigenvalue weighted by atomic mass is 10.1. The first-order valence-electron chi connectivity index (χ1n) is 7.01. The van der Waals surface area contributed by atoms with E-state index in [1.54, 1.807) is 18.2 Å². The van der Waals surface area contributed by atoms with Gasteiger partial charge in [-0.15, -0.1) is 0 Å². The molecule has 2 N–H and O–H groups in total. The third-order valence-corrected chi connectivity index (χ3v) is 5.82. The number of aromatic amines is 1. The van der Waals surface area contributed by atoms with Crippen molar-refractivity contribution in [2.75, 3.05) is 0 Å². The molecule has 1 aliphatic heterocycles. The lowest BCUT2D eigenvalue weighted by Gasteiger charge is -2.01. The van der Waals surface area contributed by atoms with Crippen LogP contribution >= 0.6 is 39.1 Å². The number of ketones is 1. The molecule has 0 spiro atoms. The normalized spacial score (nSPS) is 13.5. The van der Waals surface area contributed by atoms with Crippen LogP contribution in [-0.4, -0.2) is 21.6 Å². The van der Waals surface area contributed by atoms with Crippen LogP contribution in [0.15, 0.2) is 33.7 Å². The van der Waals surface area contributed by atoms with Gasteiger partial charge in [-0.25, -0.2) is 4.99 Å². The summed E-state index contributed by atoms with van der Waals surface area (Å²) < 4.78 is 0.618. The average Bonchev–Trinajstić information content (AvgIpc) is 3.05. The molecule has 0 radical (unpaired) electrons. The van der Waals surface area contributed by atoms with E-state index in [1.165, 1.54) is 0 Å². The number of fused-ring (bicyclic) bond motifs is 2. The molecule has 7 heteroatoms. The first-order chi connectivity index (χ1) is 11.4. The molecule has 120 valence electrons. The number of rotatable bonds is 1. The van der Waals surface area contributed by atoms with Crippen molar-refractivity contribution in [2.45, 2.75) is 6.92 Å². The zero-order valence-corrected chi connectivity index (χ0v) is 15.3. The molecule has 4 nitrogen and oxygen atoms in total. The van der Waals surface area contributed by atoms with E-state index in [1.807, 2.05) is 13.0 Å². The number of aromatic hydroxyl groups is 1. The molecule has 0 fully saturated rings. The summed E-state index contributed by atoms with van der Waals surface area (Å²) in [7, 11) is 0. The summed E-state index contributed by atoms with van der Waals surface area (Å²) in [5.74, 6) is -0.431. The van der Waals surface area contributed by atoms with E-state index in [0.717, 1.165) is 5.56 Å². The minimum absolute atomic E-state index is 0.0891. The minimum Gasteiger partial charge on any atom is -0.505 e. The fourth-order valence-corrected chi connectivity index (χ4v) is 3.65. The third kappa shape index (κ3) is 2.05. The van der Waals surface area contributed by atoms with E-state index in [2.05, 4.69) is 25.9 Å². The van der Waals surface area contributed by atoms with Gasteiger partial charge in [-0.05, 0) is 46.6 Å². The standard InChI is InChI=1S/C17H9BrCl2N2O2/c1-6-2-4-8-10(12(6)19)16(23)14(21-8)15-17(24)11-9(22-15)5-3-7(18)13(11)20/h2-5,21,23H,1H3. The van der Waals surface area contributed by atoms with Crippen LogP contribution < -0.4 is 0 Å². The van der Waals surface area contributed by atoms with Crippen LogP contribution in [0.2, 0.25) is 10.0 Å². The minimum atomic E-state index is -0.342. The maximum Gasteiger partial charge on any atom is 0.217 e. The summed E-state index contributed by atoms with van der Waals surface area (Å²) >= 11 is 15.8. The van der Waals surface area contributed by atoms with E-state index in [9.17, 15) is 9.90 Å². The highest BCUT2D eigenvalue weighted by molar-refractivity contribution is 9.10. The second kappa shape index (κ2) is 5.34. The Morgan fingerprint density at radius 3 is 2.67 bits per heavy atom. The molecule has 0 saturated heterocycles. The Bertz CT molecular complexity index is 1090. The van der Waals surface area contributed by atoms with Gasteiger partial charge >= 0.3 is 0 Å². The molecule has 0 amide bonds. The van der Waals surface area contributed by atoms with Gasteiger partial charge in [0.2, 0.25) is 5.78 Å². The third-order valence-electron chi connectivity index (χ3n) is 4.05. The maximum atomic E-state index is 12.8. The SMILES string of the molecule is Cc1ccc2[nH]c(C3=Nc4ccc(Br)c(Cl)c4C3=O)c(O)c2c1Cl. The molecule has 3 aromatic rings. The van der Waals surface area contributed by atoms with Crippen molar-refractivity contribution in [3.05, 3.63) is 55.6 Å². The summed E-state index contributed by atoms with van der Waals surface area (Å²) in [6.07, 6.45) is 0. The molecular formula is C17H9BrCl2N2O2. The van der Waals surface area contributed by atoms with Crippen LogP contribution in [-0.2, 0) is 0 Å². The first kappa shape index (κ1) is 15.7. The van der Waals surface area contributed by atoms with Crippen molar-refractivity contribution in [1.82, 2.24) is 4.98 Å². The Kier molecular flexibility index (Phi) is 3.49. The van der Waals surface area contributed by atoms with Gasteiger partial charge in [0.15, 0.2) is 5.75 Å². The van der Waals surface area contributed by atoms with Gasteiger partial charge in [0.25, 0.3) is 0 Å².